The molecular formula is C16H22N4O3S. The summed E-state index contributed by atoms with van der Waals surface area (Å²) >= 11 is 1.39. The summed E-state index contributed by atoms with van der Waals surface area (Å²) < 4.78 is 10.5. The zero-order valence-corrected chi connectivity index (χ0v) is 15.0. The van der Waals surface area contributed by atoms with Crippen molar-refractivity contribution in [1.29, 1.82) is 0 Å². The summed E-state index contributed by atoms with van der Waals surface area (Å²) in [5, 5.41) is 0.806. The van der Waals surface area contributed by atoms with Crippen molar-refractivity contribution in [3.63, 3.8) is 0 Å². The molecule has 7 nitrogen and oxygen atoms in total. The molecule has 0 radical (unpaired) electrons. The van der Waals surface area contributed by atoms with E-state index in [9.17, 15) is 4.79 Å². The van der Waals surface area contributed by atoms with Crippen LogP contribution in [0.3, 0.4) is 0 Å². The molecule has 0 saturated carbocycles. The van der Waals surface area contributed by atoms with Gasteiger partial charge in [0.05, 0.1) is 17.4 Å². The quantitative estimate of drug-likeness (QED) is 0.880. The standard InChI is InChI=1S/C16H22N4O3S/c1-9-12-14(23-3)18-11(8-22-2)19-15(12)24-13(9)16(21)20-5-4-10(6-17)7-20/h10H,4-8,17H2,1-3H3. The second kappa shape index (κ2) is 7.00. The lowest BCUT2D eigenvalue weighted by atomic mass is 10.1. The van der Waals surface area contributed by atoms with Gasteiger partial charge < -0.3 is 20.1 Å². The molecule has 0 aromatic carbocycles. The topological polar surface area (TPSA) is 90.6 Å². The van der Waals surface area contributed by atoms with Gasteiger partial charge in [0.2, 0.25) is 5.88 Å². The molecule has 1 unspecified atom stereocenters. The van der Waals surface area contributed by atoms with E-state index in [1.807, 2.05) is 11.8 Å². The van der Waals surface area contributed by atoms with Crippen LogP contribution in [0.15, 0.2) is 0 Å². The Hall–Kier alpha value is -1.77. The van der Waals surface area contributed by atoms with Crippen LogP contribution in [0.4, 0.5) is 0 Å². The maximum Gasteiger partial charge on any atom is 0.264 e. The zero-order valence-electron chi connectivity index (χ0n) is 14.2. The second-order valence-corrected chi connectivity index (χ2v) is 6.96. The highest BCUT2D eigenvalue weighted by atomic mass is 32.1. The highest BCUT2D eigenvalue weighted by molar-refractivity contribution is 7.20. The Morgan fingerprint density at radius 2 is 2.21 bits per heavy atom. The van der Waals surface area contributed by atoms with Crippen molar-refractivity contribution >= 4 is 27.5 Å². The molecule has 2 N–H and O–H groups in total. The van der Waals surface area contributed by atoms with Crippen molar-refractivity contribution in [2.45, 2.75) is 20.0 Å². The number of aryl methyl sites for hydroxylation is 1. The summed E-state index contributed by atoms with van der Waals surface area (Å²) in [5.41, 5.74) is 6.60. The molecule has 3 rings (SSSR count). The second-order valence-electron chi connectivity index (χ2n) is 5.96. The van der Waals surface area contributed by atoms with Crippen LogP contribution in [0.2, 0.25) is 0 Å². The number of carbonyl (C=O) groups is 1. The lowest BCUT2D eigenvalue weighted by Gasteiger charge is -2.15. The molecule has 1 atom stereocenters. The maximum atomic E-state index is 12.9. The summed E-state index contributed by atoms with van der Waals surface area (Å²) in [6, 6.07) is 0. The number of hydrogen-bond donors (Lipinski definition) is 1. The molecule has 24 heavy (non-hydrogen) atoms. The van der Waals surface area contributed by atoms with Gasteiger partial charge in [0.25, 0.3) is 5.91 Å². The smallest absolute Gasteiger partial charge is 0.264 e. The van der Waals surface area contributed by atoms with E-state index < -0.39 is 0 Å². The van der Waals surface area contributed by atoms with Crippen molar-refractivity contribution in [2.24, 2.45) is 11.7 Å². The first-order chi connectivity index (χ1) is 11.6. The molecular weight excluding hydrogens is 328 g/mol. The van der Waals surface area contributed by atoms with Crippen LogP contribution in [-0.4, -0.2) is 54.6 Å². The Balaban J connectivity index is 2.00. The maximum absolute atomic E-state index is 12.9. The third-order valence-electron chi connectivity index (χ3n) is 4.37. The third kappa shape index (κ3) is 2.97. The average molecular weight is 350 g/mol. The van der Waals surface area contributed by atoms with Crippen LogP contribution in [0, 0.1) is 12.8 Å². The van der Waals surface area contributed by atoms with Gasteiger partial charge in [0, 0.05) is 20.2 Å². The first-order valence-corrected chi connectivity index (χ1v) is 8.73. The molecule has 1 amide bonds. The molecule has 0 aliphatic carbocycles. The fourth-order valence-corrected chi connectivity index (χ4v) is 4.20. The number of fused-ring (bicyclic) bond motifs is 1. The van der Waals surface area contributed by atoms with Crippen LogP contribution < -0.4 is 10.5 Å². The molecule has 130 valence electrons. The highest BCUT2D eigenvalue weighted by Crippen LogP contribution is 2.36. The summed E-state index contributed by atoms with van der Waals surface area (Å²) in [4.78, 5) is 25.1. The summed E-state index contributed by atoms with van der Waals surface area (Å²) in [6.45, 7) is 4.32. The predicted octanol–water partition coefficient (Wildman–Crippen LogP) is 1.58. The summed E-state index contributed by atoms with van der Waals surface area (Å²) in [5.74, 6) is 1.47. The Labute approximate surface area is 144 Å². The summed E-state index contributed by atoms with van der Waals surface area (Å²) in [7, 11) is 3.17. The fourth-order valence-electron chi connectivity index (χ4n) is 3.04. The fraction of sp³-hybridized carbons (Fsp3) is 0.562. The number of amides is 1. The van der Waals surface area contributed by atoms with E-state index in [0.29, 0.717) is 35.7 Å². The van der Waals surface area contributed by atoms with Gasteiger partial charge in [0.15, 0.2) is 5.82 Å². The normalized spacial score (nSPS) is 17.7. The van der Waals surface area contributed by atoms with E-state index in [0.717, 1.165) is 35.3 Å². The van der Waals surface area contributed by atoms with Crippen LogP contribution in [0.1, 0.15) is 27.5 Å². The Bertz CT molecular complexity index is 761. The number of methoxy groups -OCH3 is 2. The molecule has 0 spiro atoms. The van der Waals surface area contributed by atoms with Gasteiger partial charge in [-0.1, -0.05) is 0 Å². The molecule has 3 heterocycles. The van der Waals surface area contributed by atoms with Crippen molar-refractivity contribution in [1.82, 2.24) is 14.9 Å². The van der Waals surface area contributed by atoms with Gasteiger partial charge in [-0.2, -0.15) is 4.98 Å². The lowest BCUT2D eigenvalue weighted by Crippen LogP contribution is -2.29. The van der Waals surface area contributed by atoms with Gasteiger partial charge in [-0.15, -0.1) is 11.3 Å². The zero-order chi connectivity index (χ0) is 17.3. The van der Waals surface area contributed by atoms with E-state index in [1.165, 1.54) is 11.3 Å². The van der Waals surface area contributed by atoms with Gasteiger partial charge >= 0.3 is 0 Å². The first kappa shape index (κ1) is 17.1. The molecule has 2 aromatic heterocycles. The van der Waals surface area contributed by atoms with E-state index >= 15 is 0 Å². The van der Waals surface area contributed by atoms with E-state index in [2.05, 4.69) is 9.97 Å². The van der Waals surface area contributed by atoms with E-state index in [4.69, 9.17) is 15.2 Å². The number of thiophene rings is 1. The van der Waals surface area contributed by atoms with Crippen molar-refractivity contribution in [3.05, 3.63) is 16.3 Å². The lowest BCUT2D eigenvalue weighted by molar-refractivity contribution is 0.0792. The number of hydrogen-bond acceptors (Lipinski definition) is 7. The molecule has 2 aromatic rings. The van der Waals surface area contributed by atoms with Crippen molar-refractivity contribution in [2.75, 3.05) is 33.9 Å². The minimum absolute atomic E-state index is 0.0433. The van der Waals surface area contributed by atoms with Gasteiger partial charge in [-0.3, -0.25) is 4.79 Å². The van der Waals surface area contributed by atoms with Crippen LogP contribution in [0.25, 0.3) is 10.2 Å². The molecule has 1 aliphatic heterocycles. The number of nitrogens with zero attached hydrogens (tertiary/aromatic N) is 3. The van der Waals surface area contributed by atoms with E-state index in [-0.39, 0.29) is 5.91 Å². The molecule has 1 saturated heterocycles. The molecule has 8 heteroatoms. The van der Waals surface area contributed by atoms with Crippen molar-refractivity contribution in [3.8, 4) is 5.88 Å². The van der Waals surface area contributed by atoms with Crippen molar-refractivity contribution < 1.29 is 14.3 Å². The number of rotatable bonds is 5. The first-order valence-electron chi connectivity index (χ1n) is 7.91. The van der Waals surface area contributed by atoms with Gasteiger partial charge in [0.1, 0.15) is 11.4 Å². The highest BCUT2D eigenvalue weighted by Gasteiger charge is 2.29. The number of likely N-dealkylation sites (tertiary alicyclic amines) is 1. The van der Waals surface area contributed by atoms with Gasteiger partial charge in [-0.05, 0) is 31.4 Å². The third-order valence-corrected chi connectivity index (χ3v) is 5.54. The summed E-state index contributed by atoms with van der Waals surface area (Å²) in [6.07, 6.45) is 0.966. The van der Waals surface area contributed by atoms with Gasteiger partial charge in [-0.25, -0.2) is 4.98 Å². The Kier molecular flexibility index (Phi) is 4.98. The predicted molar refractivity (Wildman–Crippen MR) is 92.5 cm³/mol. The van der Waals surface area contributed by atoms with E-state index in [1.54, 1.807) is 14.2 Å². The molecule has 0 bridgehead atoms. The molecule has 1 fully saturated rings. The number of carbonyl (C=O) groups excluding carboxylic acids is 1. The van der Waals surface area contributed by atoms with Crippen LogP contribution in [0.5, 0.6) is 5.88 Å². The Morgan fingerprint density at radius 3 is 2.83 bits per heavy atom. The van der Waals surface area contributed by atoms with Crippen LogP contribution >= 0.6 is 11.3 Å². The average Bonchev–Trinajstić information content (AvgIpc) is 3.19. The SMILES string of the molecule is COCc1nc(OC)c2c(C)c(C(=O)N3CCC(CN)C3)sc2n1. The van der Waals surface area contributed by atoms with Crippen LogP contribution in [-0.2, 0) is 11.3 Å². The minimum atomic E-state index is 0.0433. The molecule has 1 aliphatic rings. The Morgan fingerprint density at radius 1 is 1.42 bits per heavy atom. The monoisotopic (exact) mass is 350 g/mol. The number of aromatic nitrogens is 2. The number of nitrogens with two attached hydrogens (primary N) is 1. The number of ether oxygens (including phenoxy) is 2. The largest absolute Gasteiger partial charge is 0.480 e. The minimum Gasteiger partial charge on any atom is -0.480 e.